The summed E-state index contributed by atoms with van der Waals surface area (Å²) in [4.78, 5) is 4.32. The molecule has 0 radical (unpaired) electrons. The number of hydrogen-bond acceptors (Lipinski definition) is 2. The Balaban J connectivity index is 2.21. The quantitative estimate of drug-likeness (QED) is 0.830. The zero-order valence-electron chi connectivity index (χ0n) is 11.4. The van der Waals surface area contributed by atoms with E-state index in [-0.39, 0.29) is 0 Å². The van der Waals surface area contributed by atoms with Gasteiger partial charge in [-0.25, -0.2) is 0 Å². The number of aryl methyl sites for hydroxylation is 1. The van der Waals surface area contributed by atoms with Crippen molar-refractivity contribution in [1.29, 1.82) is 0 Å². The van der Waals surface area contributed by atoms with Crippen LogP contribution in [0.25, 0.3) is 0 Å². The number of rotatable bonds is 5. The van der Waals surface area contributed by atoms with Crippen LogP contribution in [0.15, 0.2) is 42.6 Å². The van der Waals surface area contributed by atoms with Gasteiger partial charge in [-0.15, -0.1) is 0 Å². The smallest absolute Gasteiger partial charge is 0.0603 e. The van der Waals surface area contributed by atoms with E-state index in [0.29, 0.717) is 6.04 Å². The van der Waals surface area contributed by atoms with Crippen LogP contribution in [0.5, 0.6) is 0 Å². The van der Waals surface area contributed by atoms with Crippen molar-refractivity contribution in [2.75, 3.05) is 5.32 Å². The van der Waals surface area contributed by atoms with Crippen molar-refractivity contribution in [3.8, 4) is 0 Å². The second-order valence-electron chi connectivity index (χ2n) is 4.67. The summed E-state index contributed by atoms with van der Waals surface area (Å²) in [7, 11) is 0. The van der Waals surface area contributed by atoms with E-state index in [1.165, 1.54) is 5.56 Å². The molecule has 0 fully saturated rings. The summed E-state index contributed by atoms with van der Waals surface area (Å²) < 4.78 is 0. The lowest BCUT2D eigenvalue weighted by Gasteiger charge is -2.21. The second kappa shape index (κ2) is 6.58. The highest BCUT2D eigenvalue weighted by Crippen LogP contribution is 2.26. The Bertz CT molecular complexity index is 523. The molecule has 2 rings (SSSR count). The number of pyridine rings is 1. The summed E-state index contributed by atoms with van der Waals surface area (Å²) >= 11 is 5.95. The van der Waals surface area contributed by atoms with Crippen LogP contribution in [0.2, 0.25) is 5.02 Å². The average Bonchev–Trinajstić information content (AvgIpc) is 2.42. The van der Waals surface area contributed by atoms with Crippen molar-refractivity contribution < 1.29 is 0 Å². The average molecular weight is 275 g/mol. The molecule has 1 heterocycles. The molecular weight excluding hydrogens is 256 g/mol. The minimum atomic E-state index is 0.296. The Morgan fingerprint density at radius 3 is 2.58 bits per heavy atom. The highest BCUT2D eigenvalue weighted by Gasteiger charge is 2.11. The Morgan fingerprint density at radius 2 is 1.95 bits per heavy atom. The topological polar surface area (TPSA) is 24.9 Å². The van der Waals surface area contributed by atoms with Crippen LogP contribution in [0.1, 0.15) is 37.1 Å². The van der Waals surface area contributed by atoms with Gasteiger partial charge in [0.2, 0.25) is 0 Å². The van der Waals surface area contributed by atoms with E-state index in [9.17, 15) is 0 Å². The molecule has 1 aromatic carbocycles. The van der Waals surface area contributed by atoms with Gasteiger partial charge in [-0.2, -0.15) is 0 Å². The van der Waals surface area contributed by atoms with Gasteiger partial charge in [0.25, 0.3) is 0 Å². The molecule has 1 aromatic heterocycles. The van der Waals surface area contributed by atoms with Crippen molar-refractivity contribution in [2.45, 2.75) is 32.7 Å². The fourth-order valence-corrected chi connectivity index (χ4v) is 2.26. The third-order valence-corrected chi connectivity index (χ3v) is 3.44. The first kappa shape index (κ1) is 13.9. The van der Waals surface area contributed by atoms with E-state index in [1.54, 1.807) is 0 Å². The number of nitrogens with one attached hydrogen (secondary N) is 1. The van der Waals surface area contributed by atoms with Gasteiger partial charge in [-0.05, 0) is 43.2 Å². The van der Waals surface area contributed by atoms with Crippen molar-refractivity contribution in [3.05, 3.63) is 58.9 Å². The van der Waals surface area contributed by atoms with Crippen molar-refractivity contribution >= 4 is 17.3 Å². The standard InChI is InChI=1S/C16H19ClN2/c1-3-5-16(13-7-9-14(17)10-8-13)19-15-6-4-11-18-12(15)2/h4,6-11,16,19H,3,5H2,1-2H3. The molecule has 0 bridgehead atoms. The Hall–Kier alpha value is -1.54. The van der Waals surface area contributed by atoms with Crippen LogP contribution in [0, 0.1) is 6.92 Å². The molecule has 2 aromatic rings. The van der Waals surface area contributed by atoms with Crippen LogP contribution in [0.3, 0.4) is 0 Å². The zero-order valence-corrected chi connectivity index (χ0v) is 12.1. The molecule has 0 saturated carbocycles. The lowest BCUT2D eigenvalue weighted by Crippen LogP contribution is -2.11. The molecule has 0 amide bonds. The van der Waals surface area contributed by atoms with E-state index in [1.807, 2.05) is 31.3 Å². The molecule has 19 heavy (non-hydrogen) atoms. The first-order valence-corrected chi connectivity index (χ1v) is 7.02. The van der Waals surface area contributed by atoms with Gasteiger partial charge >= 0.3 is 0 Å². The SMILES string of the molecule is CCCC(Nc1cccnc1C)c1ccc(Cl)cc1. The van der Waals surface area contributed by atoms with E-state index in [4.69, 9.17) is 11.6 Å². The van der Waals surface area contributed by atoms with E-state index >= 15 is 0 Å². The molecule has 0 aliphatic heterocycles. The summed E-state index contributed by atoms with van der Waals surface area (Å²) in [6.45, 7) is 4.22. The van der Waals surface area contributed by atoms with E-state index < -0.39 is 0 Å². The van der Waals surface area contributed by atoms with Gasteiger partial charge in [0.15, 0.2) is 0 Å². The number of halogens is 1. The molecule has 1 atom stereocenters. The van der Waals surface area contributed by atoms with Crippen LogP contribution >= 0.6 is 11.6 Å². The summed E-state index contributed by atoms with van der Waals surface area (Å²) in [6, 6.07) is 12.4. The Labute approximate surface area is 119 Å². The summed E-state index contributed by atoms with van der Waals surface area (Å²) in [6.07, 6.45) is 4.02. The van der Waals surface area contributed by atoms with E-state index in [2.05, 4.69) is 35.4 Å². The maximum atomic E-state index is 5.95. The number of nitrogens with zero attached hydrogens (tertiary/aromatic N) is 1. The largest absolute Gasteiger partial charge is 0.377 e. The third kappa shape index (κ3) is 3.71. The van der Waals surface area contributed by atoms with E-state index in [0.717, 1.165) is 29.2 Å². The molecule has 0 spiro atoms. The molecule has 0 saturated heterocycles. The van der Waals surface area contributed by atoms with Gasteiger partial charge in [0.1, 0.15) is 0 Å². The van der Waals surface area contributed by atoms with Gasteiger partial charge in [0, 0.05) is 11.2 Å². The minimum absolute atomic E-state index is 0.296. The Morgan fingerprint density at radius 1 is 1.21 bits per heavy atom. The first-order chi connectivity index (χ1) is 9.20. The monoisotopic (exact) mass is 274 g/mol. The number of benzene rings is 1. The fraction of sp³-hybridized carbons (Fsp3) is 0.312. The second-order valence-corrected chi connectivity index (χ2v) is 5.11. The predicted octanol–water partition coefficient (Wildman–Crippen LogP) is 5.00. The highest BCUT2D eigenvalue weighted by molar-refractivity contribution is 6.30. The molecule has 100 valence electrons. The third-order valence-electron chi connectivity index (χ3n) is 3.19. The summed E-state index contributed by atoms with van der Waals surface area (Å²) in [5.74, 6) is 0. The summed E-state index contributed by atoms with van der Waals surface area (Å²) in [5, 5.41) is 4.35. The molecule has 2 nitrogen and oxygen atoms in total. The van der Waals surface area contributed by atoms with Crippen molar-refractivity contribution in [1.82, 2.24) is 4.98 Å². The molecule has 1 N–H and O–H groups in total. The van der Waals surface area contributed by atoms with Crippen molar-refractivity contribution in [3.63, 3.8) is 0 Å². The van der Waals surface area contributed by atoms with Crippen molar-refractivity contribution in [2.24, 2.45) is 0 Å². The maximum absolute atomic E-state index is 5.95. The van der Waals surface area contributed by atoms with Gasteiger partial charge in [0.05, 0.1) is 17.4 Å². The maximum Gasteiger partial charge on any atom is 0.0603 e. The number of aromatic nitrogens is 1. The lowest BCUT2D eigenvalue weighted by molar-refractivity contribution is 0.676. The lowest BCUT2D eigenvalue weighted by atomic mass is 10.0. The minimum Gasteiger partial charge on any atom is -0.377 e. The van der Waals surface area contributed by atoms with Crippen LogP contribution in [-0.2, 0) is 0 Å². The molecule has 1 unspecified atom stereocenters. The van der Waals surface area contributed by atoms with Gasteiger partial charge in [-0.3, -0.25) is 4.98 Å². The number of hydrogen-bond donors (Lipinski definition) is 1. The molecule has 0 aliphatic carbocycles. The van der Waals surface area contributed by atoms with Crippen LogP contribution in [0.4, 0.5) is 5.69 Å². The van der Waals surface area contributed by atoms with Crippen LogP contribution in [-0.4, -0.2) is 4.98 Å². The fourth-order valence-electron chi connectivity index (χ4n) is 2.13. The predicted molar refractivity (Wildman–Crippen MR) is 81.7 cm³/mol. The highest BCUT2D eigenvalue weighted by atomic mass is 35.5. The number of anilines is 1. The molecule has 3 heteroatoms. The molecular formula is C16H19ClN2. The van der Waals surface area contributed by atoms with Gasteiger partial charge in [-0.1, -0.05) is 37.1 Å². The van der Waals surface area contributed by atoms with Crippen LogP contribution < -0.4 is 5.32 Å². The molecule has 0 aliphatic rings. The Kier molecular flexibility index (Phi) is 4.80. The first-order valence-electron chi connectivity index (χ1n) is 6.64. The summed E-state index contributed by atoms with van der Waals surface area (Å²) in [5.41, 5.74) is 3.38. The normalized spacial score (nSPS) is 12.2. The zero-order chi connectivity index (χ0) is 13.7. The van der Waals surface area contributed by atoms with Gasteiger partial charge < -0.3 is 5.32 Å².